The van der Waals surface area contributed by atoms with E-state index in [9.17, 15) is 9.18 Å². The molecule has 142 valence electrons. The van der Waals surface area contributed by atoms with Crippen LogP contribution in [0.15, 0.2) is 67.0 Å². The lowest BCUT2D eigenvalue weighted by atomic mass is 10.0. The lowest BCUT2D eigenvalue weighted by Crippen LogP contribution is -2.22. The van der Waals surface area contributed by atoms with Gasteiger partial charge in [-0.05, 0) is 59.5 Å². The Hall–Kier alpha value is -3.34. The monoisotopic (exact) mass is 375 g/mol. The van der Waals surface area contributed by atoms with Crippen molar-refractivity contribution < 1.29 is 9.18 Å². The number of hydrogen-bond donors (Lipinski definition) is 2. The first kappa shape index (κ1) is 18.0. The number of carbonyl (C=O) groups excluding carboxylic acids is 1. The highest BCUT2D eigenvalue weighted by Crippen LogP contribution is 2.31. The van der Waals surface area contributed by atoms with Gasteiger partial charge in [-0.25, -0.2) is 4.39 Å². The zero-order valence-electron chi connectivity index (χ0n) is 15.7. The van der Waals surface area contributed by atoms with Crippen molar-refractivity contribution in [1.82, 2.24) is 14.9 Å². The number of aromatic nitrogens is 2. The number of rotatable bonds is 6. The highest BCUT2D eigenvalue weighted by Gasteiger charge is 2.14. The van der Waals surface area contributed by atoms with Crippen LogP contribution in [-0.2, 0) is 24.8 Å². The van der Waals surface area contributed by atoms with E-state index in [1.807, 2.05) is 48.3 Å². The van der Waals surface area contributed by atoms with E-state index in [-0.39, 0.29) is 11.7 Å². The first-order chi connectivity index (χ1) is 13.6. The Bertz CT molecular complexity index is 1110. The van der Waals surface area contributed by atoms with Crippen molar-refractivity contribution in [2.75, 3.05) is 0 Å². The summed E-state index contributed by atoms with van der Waals surface area (Å²) in [7, 11) is 1.96. The molecule has 5 heteroatoms. The van der Waals surface area contributed by atoms with Gasteiger partial charge in [-0.15, -0.1) is 0 Å². The predicted octanol–water partition coefficient (Wildman–Crippen LogP) is 4.56. The summed E-state index contributed by atoms with van der Waals surface area (Å²) in [5.41, 5.74) is 5.03. The van der Waals surface area contributed by atoms with Crippen molar-refractivity contribution >= 4 is 16.8 Å². The minimum atomic E-state index is -0.262. The Balaban J connectivity index is 1.53. The van der Waals surface area contributed by atoms with E-state index >= 15 is 0 Å². The molecule has 0 aliphatic rings. The molecule has 2 aromatic carbocycles. The minimum absolute atomic E-state index is 0.0131. The maximum atomic E-state index is 13.3. The van der Waals surface area contributed by atoms with Crippen LogP contribution in [0.25, 0.3) is 22.2 Å². The van der Waals surface area contributed by atoms with Crippen molar-refractivity contribution in [2.45, 2.75) is 19.4 Å². The summed E-state index contributed by atoms with van der Waals surface area (Å²) in [6.45, 7) is 0.526. The van der Waals surface area contributed by atoms with Crippen molar-refractivity contribution in [2.24, 2.45) is 7.05 Å². The standard InChI is InChI=1S/C23H22FN3O/c1-27-13-12-16(15-27)14-25-22(28)11-10-20-19-4-2-3-5-21(19)26-23(20)17-6-8-18(24)9-7-17/h2-9,12-13,15,26H,10-11,14H2,1H3,(H,25,28). The fraction of sp³-hybridized carbons (Fsp3) is 0.174. The smallest absolute Gasteiger partial charge is 0.220 e. The molecule has 0 bridgehead atoms. The van der Waals surface area contributed by atoms with Gasteiger partial charge in [0.2, 0.25) is 5.91 Å². The minimum Gasteiger partial charge on any atom is -0.357 e. The topological polar surface area (TPSA) is 49.8 Å². The number of para-hydroxylation sites is 1. The molecule has 1 amide bonds. The van der Waals surface area contributed by atoms with Gasteiger partial charge < -0.3 is 14.9 Å². The van der Waals surface area contributed by atoms with Gasteiger partial charge in [-0.2, -0.15) is 0 Å². The van der Waals surface area contributed by atoms with Crippen LogP contribution in [-0.4, -0.2) is 15.5 Å². The van der Waals surface area contributed by atoms with E-state index in [1.54, 1.807) is 12.1 Å². The molecule has 4 nitrogen and oxygen atoms in total. The van der Waals surface area contributed by atoms with E-state index in [0.29, 0.717) is 19.4 Å². The maximum Gasteiger partial charge on any atom is 0.220 e. The molecule has 2 aromatic heterocycles. The molecular weight excluding hydrogens is 353 g/mol. The maximum absolute atomic E-state index is 13.3. The third-order valence-corrected chi connectivity index (χ3v) is 4.93. The van der Waals surface area contributed by atoms with Crippen LogP contribution < -0.4 is 5.32 Å². The number of aromatic amines is 1. The van der Waals surface area contributed by atoms with Crippen LogP contribution in [0.2, 0.25) is 0 Å². The van der Waals surface area contributed by atoms with E-state index in [4.69, 9.17) is 0 Å². The Labute approximate surface area is 163 Å². The number of benzene rings is 2. The average molecular weight is 375 g/mol. The van der Waals surface area contributed by atoms with Crippen molar-refractivity contribution in [1.29, 1.82) is 0 Å². The number of halogens is 1. The van der Waals surface area contributed by atoms with Crippen LogP contribution in [0.4, 0.5) is 4.39 Å². The largest absolute Gasteiger partial charge is 0.357 e. The number of hydrogen-bond acceptors (Lipinski definition) is 1. The lowest BCUT2D eigenvalue weighted by Gasteiger charge is -2.07. The second-order valence-corrected chi connectivity index (χ2v) is 6.99. The normalized spacial score (nSPS) is 11.1. The fourth-order valence-electron chi connectivity index (χ4n) is 3.52. The third kappa shape index (κ3) is 3.83. The molecule has 0 unspecified atom stereocenters. The zero-order valence-corrected chi connectivity index (χ0v) is 15.7. The van der Waals surface area contributed by atoms with Gasteiger partial charge in [0.1, 0.15) is 5.82 Å². The average Bonchev–Trinajstić information content (AvgIpc) is 3.28. The highest BCUT2D eigenvalue weighted by molar-refractivity contribution is 5.91. The van der Waals surface area contributed by atoms with Gasteiger partial charge in [0, 0.05) is 49.0 Å². The summed E-state index contributed by atoms with van der Waals surface area (Å²) in [5.74, 6) is -0.249. The quantitative estimate of drug-likeness (QED) is 0.510. The summed E-state index contributed by atoms with van der Waals surface area (Å²) in [6, 6.07) is 16.5. The molecule has 0 saturated heterocycles. The highest BCUT2D eigenvalue weighted by atomic mass is 19.1. The molecular formula is C23H22FN3O. The van der Waals surface area contributed by atoms with Crippen LogP contribution in [0.3, 0.4) is 0 Å². The number of aryl methyl sites for hydroxylation is 2. The molecule has 2 N–H and O–H groups in total. The third-order valence-electron chi connectivity index (χ3n) is 4.93. The molecule has 0 saturated carbocycles. The number of H-pyrrole nitrogens is 1. The van der Waals surface area contributed by atoms with Gasteiger partial charge in [-0.3, -0.25) is 4.79 Å². The Morgan fingerprint density at radius 2 is 1.89 bits per heavy atom. The van der Waals surface area contributed by atoms with Gasteiger partial charge in [0.15, 0.2) is 0 Å². The molecule has 0 atom stereocenters. The molecule has 0 spiro atoms. The number of nitrogens with zero attached hydrogens (tertiary/aromatic N) is 1. The van der Waals surface area contributed by atoms with Crippen molar-refractivity contribution in [3.63, 3.8) is 0 Å². The Morgan fingerprint density at radius 1 is 1.11 bits per heavy atom. The van der Waals surface area contributed by atoms with Gasteiger partial charge in [-0.1, -0.05) is 18.2 Å². The summed E-state index contributed by atoms with van der Waals surface area (Å²) in [6.07, 6.45) is 4.95. The molecule has 2 heterocycles. The molecule has 28 heavy (non-hydrogen) atoms. The number of carbonyl (C=O) groups is 1. The second kappa shape index (κ2) is 7.72. The second-order valence-electron chi connectivity index (χ2n) is 6.99. The molecule has 4 aromatic rings. The Morgan fingerprint density at radius 3 is 2.64 bits per heavy atom. The number of fused-ring (bicyclic) bond motifs is 1. The molecule has 0 fully saturated rings. The number of nitrogens with one attached hydrogen (secondary N) is 2. The predicted molar refractivity (Wildman–Crippen MR) is 109 cm³/mol. The SMILES string of the molecule is Cn1ccc(CNC(=O)CCc2c(-c3ccc(F)cc3)[nH]c3ccccc23)c1. The van der Waals surface area contributed by atoms with Crippen molar-refractivity contribution in [3.8, 4) is 11.3 Å². The van der Waals surface area contributed by atoms with Crippen LogP contribution >= 0.6 is 0 Å². The first-order valence-electron chi connectivity index (χ1n) is 9.33. The van der Waals surface area contributed by atoms with Gasteiger partial charge >= 0.3 is 0 Å². The van der Waals surface area contributed by atoms with E-state index in [1.165, 1.54) is 12.1 Å². The summed E-state index contributed by atoms with van der Waals surface area (Å²) in [4.78, 5) is 15.8. The molecule has 0 radical (unpaired) electrons. The van der Waals surface area contributed by atoms with Crippen LogP contribution in [0.5, 0.6) is 0 Å². The van der Waals surface area contributed by atoms with Crippen LogP contribution in [0, 0.1) is 5.82 Å². The van der Waals surface area contributed by atoms with Gasteiger partial charge in [0.25, 0.3) is 0 Å². The lowest BCUT2D eigenvalue weighted by molar-refractivity contribution is -0.121. The fourth-order valence-corrected chi connectivity index (χ4v) is 3.52. The van der Waals surface area contributed by atoms with E-state index in [2.05, 4.69) is 16.4 Å². The van der Waals surface area contributed by atoms with Crippen molar-refractivity contribution in [3.05, 3.63) is 83.9 Å². The molecule has 0 aliphatic carbocycles. The number of amides is 1. The molecule has 4 rings (SSSR count). The Kier molecular flexibility index (Phi) is 4.98. The molecule has 0 aliphatic heterocycles. The first-order valence-corrected chi connectivity index (χ1v) is 9.33. The van der Waals surface area contributed by atoms with Gasteiger partial charge in [0.05, 0.1) is 0 Å². The van der Waals surface area contributed by atoms with E-state index in [0.717, 1.165) is 33.3 Å². The van der Waals surface area contributed by atoms with E-state index < -0.39 is 0 Å². The van der Waals surface area contributed by atoms with Crippen LogP contribution in [0.1, 0.15) is 17.5 Å². The summed E-state index contributed by atoms with van der Waals surface area (Å²) < 4.78 is 15.3. The summed E-state index contributed by atoms with van der Waals surface area (Å²) >= 11 is 0. The zero-order chi connectivity index (χ0) is 19.5. The summed E-state index contributed by atoms with van der Waals surface area (Å²) in [5, 5.41) is 4.07.